The van der Waals surface area contributed by atoms with Crippen molar-refractivity contribution < 1.29 is 0 Å². The number of H-pyrrole nitrogens is 1. The second kappa shape index (κ2) is 7.60. The molecule has 1 saturated heterocycles. The Bertz CT molecular complexity index is 1200. The number of hydrogen-bond donors (Lipinski definition) is 1. The Morgan fingerprint density at radius 3 is 2.83 bits per heavy atom. The molecular formula is C20H22N8OS. The highest BCUT2D eigenvalue weighted by Gasteiger charge is 2.24. The molecule has 1 fully saturated rings. The smallest absolute Gasteiger partial charge is 0.266 e. The zero-order valence-electron chi connectivity index (χ0n) is 16.9. The Morgan fingerprint density at radius 1 is 1.23 bits per heavy atom. The number of thiazole rings is 1. The molecule has 0 amide bonds. The fourth-order valence-electron chi connectivity index (χ4n) is 4.06. The van der Waals surface area contributed by atoms with Crippen molar-refractivity contribution in [2.45, 2.75) is 33.2 Å². The summed E-state index contributed by atoms with van der Waals surface area (Å²) in [7, 11) is 0. The molecule has 154 valence electrons. The van der Waals surface area contributed by atoms with E-state index in [4.69, 9.17) is 0 Å². The molecule has 0 radical (unpaired) electrons. The number of nitrogens with one attached hydrogen (secondary N) is 1. The van der Waals surface area contributed by atoms with E-state index in [0.29, 0.717) is 18.3 Å². The van der Waals surface area contributed by atoms with Crippen molar-refractivity contribution in [1.29, 1.82) is 0 Å². The van der Waals surface area contributed by atoms with Crippen LogP contribution in [-0.2, 0) is 6.54 Å². The zero-order valence-corrected chi connectivity index (χ0v) is 17.7. The van der Waals surface area contributed by atoms with Crippen LogP contribution in [0, 0.1) is 19.8 Å². The fourth-order valence-corrected chi connectivity index (χ4v) is 4.95. The van der Waals surface area contributed by atoms with Gasteiger partial charge in [0.05, 0.1) is 33.7 Å². The summed E-state index contributed by atoms with van der Waals surface area (Å²) < 4.78 is 1.62. The summed E-state index contributed by atoms with van der Waals surface area (Å²) in [6.45, 7) is 6.39. The van der Waals surface area contributed by atoms with Crippen LogP contribution in [0.15, 0.2) is 29.5 Å². The molecule has 9 nitrogen and oxygen atoms in total. The molecule has 5 heterocycles. The van der Waals surface area contributed by atoms with Crippen molar-refractivity contribution in [2.24, 2.45) is 5.92 Å². The van der Waals surface area contributed by atoms with Crippen molar-refractivity contribution in [3.8, 4) is 22.0 Å². The summed E-state index contributed by atoms with van der Waals surface area (Å²) in [4.78, 5) is 27.7. The summed E-state index contributed by atoms with van der Waals surface area (Å²) >= 11 is 1.61. The molecule has 1 N–H and O–H groups in total. The van der Waals surface area contributed by atoms with Crippen molar-refractivity contribution in [3.05, 3.63) is 45.7 Å². The number of nitrogens with zero attached hydrogens (tertiary/aromatic N) is 7. The molecule has 0 unspecified atom stereocenters. The van der Waals surface area contributed by atoms with Crippen LogP contribution >= 0.6 is 11.3 Å². The molecule has 3 aliphatic heterocycles. The van der Waals surface area contributed by atoms with E-state index >= 15 is 0 Å². The minimum atomic E-state index is -0.0572. The Labute approximate surface area is 177 Å². The van der Waals surface area contributed by atoms with Gasteiger partial charge >= 0.3 is 0 Å². The number of piperidine rings is 1. The monoisotopic (exact) mass is 422 g/mol. The maximum atomic E-state index is 12.4. The Kier molecular flexibility index (Phi) is 4.78. The average molecular weight is 423 g/mol. The van der Waals surface area contributed by atoms with E-state index in [1.165, 1.54) is 0 Å². The highest BCUT2D eigenvalue weighted by molar-refractivity contribution is 7.15. The molecule has 0 atom stereocenters. The number of hydrogen-bond acceptors (Lipinski definition) is 8. The van der Waals surface area contributed by atoms with E-state index in [-0.39, 0.29) is 5.56 Å². The van der Waals surface area contributed by atoms with Gasteiger partial charge in [-0.15, -0.1) is 16.4 Å². The van der Waals surface area contributed by atoms with E-state index in [9.17, 15) is 4.79 Å². The van der Waals surface area contributed by atoms with Crippen LogP contribution in [0.4, 0.5) is 5.82 Å². The molecule has 0 saturated carbocycles. The maximum absolute atomic E-state index is 12.4. The van der Waals surface area contributed by atoms with Crippen LogP contribution in [0.2, 0.25) is 0 Å². The predicted molar refractivity (Wildman–Crippen MR) is 115 cm³/mol. The SMILES string of the molecule is Cc1nc(C)c(-c2ccc(=O)n(CC3CCN(c4[nH]cnc5nncc4-5)CC3)n2)s1. The van der Waals surface area contributed by atoms with Crippen LogP contribution < -0.4 is 10.5 Å². The number of fused-ring (bicyclic) bond motifs is 1. The van der Waals surface area contributed by atoms with E-state index in [1.807, 2.05) is 13.8 Å². The molecule has 3 aliphatic rings. The third kappa shape index (κ3) is 3.47. The van der Waals surface area contributed by atoms with Crippen LogP contribution in [0.25, 0.3) is 22.0 Å². The van der Waals surface area contributed by atoms with Crippen molar-refractivity contribution in [2.75, 3.05) is 18.0 Å². The summed E-state index contributed by atoms with van der Waals surface area (Å²) in [6.07, 6.45) is 5.38. The second-order valence-corrected chi connectivity index (χ2v) is 8.85. The van der Waals surface area contributed by atoms with Gasteiger partial charge in [0.2, 0.25) is 0 Å². The molecule has 0 aromatic carbocycles. The predicted octanol–water partition coefficient (Wildman–Crippen LogP) is 2.52. The minimum Gasteiger partial charge on any atom is -0.357 e. The molecule has 0 aliphatic carbocycles. The highest BCUT2D eigenvalue weighted by atomic mass is 32.1. The Morgan fingerprint density at radius 2 is 2.07 bits per heavy atom. The van der Waals surface area contributed by atoms with Gasteiger partial charge in [-0.05, 0) is 38.7 Å². The van der Waals surface area contributed by atoms with Crippen LogP contribution in [0.1, 0.15) is 23.5 Å². The van der Waals surface area contributed by atoms with Crippen LogP contribution in [0.5, 0.6) is 0 Å². The molecule has 5 rings (SSSR count). The lowest BCUT2D eigenvalue weighted by Gasteiger charge is -2.33. The first-order chi connectivity index (χ1) is 14.6. The van der Waals surface area contributed by atoms with Crippen LogP contribution in [0.3, 0.4) is 0 Å². The first kappa shape index (κ1) is 18.9. The normalized spacial score (nSPS) is 15.2. The highest BCUT2D eigenvalue weighted by Crippen LogP contribution is 2.31. The summed E-state index contributed by atoms with van der Waals surface area (Å²) in [5.74, 6) is 2.07. The number of rotatable bonds is 4. The van der Waals surface area contributed by atoms with Crippen LogP contribution in [-0.4, -0.2) is 48.0 Å². The second-order valence-electron chi connectivity index (χ2n) is 7.65. The largest absolute Gasteiger partial charge is 0.357 e. The summed E-state index contributed by atoms with van der Waals surface area (Å²) in [6, 6.07) is 3.41. The van der Waals surface area contributed by atoms with Crippen molar-refractivity contribution in [1.82, 2.24) is 34.9 Å². The molecular weight excluding hydrogens is 400 g/mol. The van der Waals surface area contributed by atoms with E-state index in [0.717, 1.165) is 58.6 Å². The van der Waals surface area contributed by atoms with Gasteiger partial charge in [0.1, 0.15) is 11.5 Å². The standard InChI is InChI=1S/C20H22N8OS/c1-12-18(30-13(2)24-12)16-3-4-17(29)28(26-16)10-14-5-7-27(8-6-14)20-15-9-23-25-19(15)21-11-22-20/h3-4,9,11,14H,5-8,10H2,1-2H3,(H,21,22,23,25). The van der Waals surface area contributed by atoms with Gasteiger partial charge in [0.15, 0.2) is 5.82 Å². The van der Waals surface area contributed by atoms with Gasteiger partial charge < -0.3 is 9.88 Å². The minimum absolute atomic E-state index is 0.0572. The molecule has 2 aromatic rings. The van der Waals surface area contributed by atoms with E-state index < -0.39 is 0 Å². The maximum Gasteiger partial charge on any atom is 0.266 e. The molecule has 0 spiro atoms. The van der Waals surface area contributed by atoms with E-state index in [2.05, 4.69) is 35.1 Å². The molecule has 2 aromatic heterocycles. The van der Waals surface area contributed by atoms with Crippen molar-refractivity contribution in [3.63, 3.8) is 0 Å². The first-order valence-electron chi connectivity index (χ1n) is 10.0. The van der Waals surface area contributed by atoms with Gasteiger partial charge in [-0.2, -0.15) is 10.2 Å². The summed E-state index contributed by atoms with van der Waals surface area (Å²) in [5, 5.41) is 13.7. The third-order valence-corrected chi connectivity index (χ3v) is 6.68. The Balaban J connectivity index is 1.30. The third-order valence-electron chi connectivity index (χ3n) is 5.59. The lowest BCUT2D eigenvalue weighted by Crippen LogP contribution is -2.37. The molecule has 10 heteroatoms. The Hall–Kier alpha value is -3.14. The lowest BCUT2D eigenvalue weighted by molar-refractivity contribution is 0.335. The number of anilines is 1. The fraction of sp³-hybridized carbons (Fsp3) is 0.400. The molecule has 0 bridgehead atoms. The van der Waals surface area contributed by atoms with Crippen molar-refractivity contribution >= 4 is 17.2 Å². The average Bonchev–Trinajstić information content (AvgIpc) is 3.36. The zero-order chi connectivity index (χ0) is 20.7. The first-order valence-corrected chi connectivity index (χ1v) is 10.8. The van der Waals surface area contributed by atoms with E-state index in [1.54, 1.807) is 40.7 Å². The van der Waals surface area contributed by atoms with Gasteiger partial charge in [-0.1, -0.05) is 0 Å². The molecule has 30 heavy (non-hydrogen) atoms. The quantitative estimate of drug-likeness (QED) is 0.539. The van der Waals surface area contributed by atoms with Gasteiger partial charge in [0, 0.05) is 25.7 Å². The topological polar surface area (TPSA) is 105 Å². The summed E-state index contributed by atoms with van der Waals surface area (Å²) in [5.41, 5.74) is 2.66. The number of aryl methyl sites for hydroxylation is 2. The lowest BCUT2D eigenvalue weighted by atomic mass is 9.96. The van der Waals surface area contributed by atoms with Gasteiger partial charge in [0.25, 0.3) is 5.56 Å². The number of aromatic amines is 1. The number of aromatic nitrogens is 7. The van der Waals surface area contributed by atoms with Gasteiger partial charge in [-0.3, -0.25) is 4.79 Å². The van der Waals surface area contributed by atoms with Gasteiger partial charge in [-0.25, -0.2) is 14.6 Å².